The Kier molecular flexibility index (Phi) is 33.1. The van der Waals surface area contributed by atoms with E-state index in [0.717, 1.165) is 44.9 Å². The summed E-state index contributed by atoms with van der Waals surface area (Å²) >= 11 is 0. The molecule has 1 amide bonds. The molecule has 0 bridgehead atoms. The Hall–Kier alpha value is -1.21. The molecule has 0 aromatic heterocycles. The number of hydrogen-bond acceptors (Lipinski definition) is 18. The van der Waals surface area contributed by atoms with Crippen molar-refractivity contribution in [1.82, 2.24) is 5.32 Å². The van der Waals surface area contributed by atoms with Gasteiger partial charge in [-0.05, 0) is 12.8 Å². The molecule has 3 rings (SSSR count). The maximum Gasteiger partial charge on any atom is 0.220 e. The molecule has 3 heterocycles. The lowest BCUT2D eigenvalue weighted by Crippen LogP contribution is -2.66. The first-order chi connectivity index (χ1) is 33.8. The summed E-state index contributed by atoms with van der Waals surface area (Å²) in [6, 6.07) is -0.877. The van der Waals surface area contributed by atoms with Crippen LogP contribution in [0.5, 0.6) is 0 Å². The number of hydrogen-bond donors (Lipinski definition) is 12. The number of unbranched alkanes of at least 4 members (excludes halogenated alkanes) is 23. The van der Waals surface area contributed by atoms with Gasteiger partial charge in [0.1, 0.15) is 73.2 Å². The van der Waals surface area contributed by atoms with Crippen LogP contribution in [0.4, 0.5) is 0 Å². The zero-order valence-electron chi connectivity index (χ0n) is 42.5. The topological polar surface area (TPSA) is 307 Å². The van der Waals surface area contributed by atoms with Crippen molar-refractivity contribution in [1.29, 1.82) is 0 Å². The molecule has 3 fully saturated rings. The van der Waals surface area contributed by atoms with Crippen molar-refractivity contribution in [3.8, 4) is 0 Å². The van der Waals surface area contributed by atoms with Gasteiger partial charge in [-0.15, -0.1) is 0 Å². The standard InChI is InChI=1S/C51H97NO18/c1-3-5-7-9-11-13-15-17-18-20-22-24-26-28-35(56)34(52-39(57)29-27-25-23-21-19-16-14-12-10-8-6-4-2)33-65-49-45(63)42(60)47(37(31-54)67-49)70-51-46(64)43(61)48(38(32-55)68-51)69-50-44(62)41(59)40(58)36(30-53)66-50/h34-38,40-51,53-56,58-64H,3-33H2,1-2H3,(H,52,57). The van der Waals surface area contributed by atoms with Gasteiger partial charge in [0.2, 0.25) is 5.91 Å². The van der Waals surface area contributed by atoms with Crippen molar-refractivity contribution in [3.63, 3.8) is 0 Å². The Morgan fingerprint density at radius 2 is 0.814 bits per heavy atom. The van der Waals surface area contributed by atoms with Crippen molar-refractivity contribution in [2.45, 2.75) is 291 Å². The van der Waals surface area contributed by atoms with Crippen LogP contribution >= 0.6 is 0 Å². The third-order valence-corrected chi connectivity index (χ3v) is 14.2. The zero-order valence-corrected chi connectivity index (χ0v) is 42.5. The molecule has 0 radical (unpaired) electrons. The maximum atomic E-state index is 13.2. The molecule has 3 saturated heterocycles. The van der Waals surface area contributed by atoms with Gasteiger partial charge in [0.15, 0.2) is 18.9 Å². The van der Waals surface area contributed by atoms with Crippen molar-refractivity contribution in [2.24, 2.45) is 0 Å². The minimum Gasteiger partial charge on any atom is -0.394 e. The smallest absolute Gasteiger partial charge is 0.220 e. The van der Waals surface area contributed by atoms with Gasteiger partial charge in [-0.3, -0.25) is 4.79 Å². The van der Waals surface area contributed by atoms with Crippen LogP contribution < -0.4 is 5.32 Å². The van der Waals surface area contributed by atoms with Crippen LogP contribution in [0.15, 0.2) is 0 Å². The average molecular weight is 1010 g/mol. The van der Waals surface area contributed by atoms with E-state index in [-0.39, 0.29) is 18.9 Å². The first-order valence-corrected chi connectivity index (χ1v) is 27.3. The minimum absolute atomic E-state index is 0.243. The Morgan fingerprint density at radius 1 is 0.457 bits per heavy atom. The molecule has 0 aromatic rings. The Bertz CT molecular complexity index is 1300. The number of nitrogens with one attached hydrogen (secondary N) is 1. The molecule has 12 N–H and O–H groups in total. The molecule has 0 aromatic carbocycles. The number of aliphatic hydroxyl groups is 11. The van der Waals surface area contributed by atoms with E-state index < -0.39 is 124 Å². The van der Waals surface area contributed by atoms with Crippen molar-refractivity contribution >= 4 is 5.91 Å². The van der Waals surface area contributed by atoms with Crippen molar-refractivity contribution in [3.05, 3.63) is 0 Å². The molecular weight excluding hydrogens is 915 g/mol. The second kappa shape index (κ2) is 36.7. The summed E-state index contributed by atoms with van der Waals surface area (Å²) in [5, 5.41) is 120. The van der Waals surface area contributed by atoms with E-state index >= 15 is 0 Å². The number of carbonyl (C=O) groups is 1. The van der Waals surface area contributed by atoms with Crippen LogP contribution in [-0.4, -0.2) is 193 Å². The fourth-order valence-electron chi connectivity index (χ4n) is 9.61. The van der Waals surface area contributed by atoms with Crippen LogP contribution in [-0.2, 0) is 33.2 Å². The first-order valence-electron chi connectivity index (χ1n) is 27.3. The van der Waals surface area contributed by atoms with E-state index in [0.29, 0.717) is 12.8 Å². The van der Waals surface area contributed by atoms with Gasteiger partial charge in [-0.25, -0.2) is 0 Å². The number of ether oxygens (including phenoxy) is 6. The minimum atomic E-state index is -1.97. The second-order valence-electron chi connectivity index (χ2n) is 20.1. The highest BCUT2D eigenvalue weighted by molar-refractivity contribution is 5.76. The molecule has 0 aliphatic carbocycles. The van der Waals surface area contributed by atoms with E-state index in [1.165, 1.54) is 109 Å². The van der Waals surface area contributed by atoms with Gasteiger partial charge in [0.05, 0.1) is 38.6 Å². The summed E-state index contributed by atoms with van der Waals surface area (Å²) < 4.78 is 34.2. The maximum absolute atomic E-state index is 13.2. The monoisotopic (exact) mass is 1010 g/mol. The summed E-state index contributed by atoms with van der Waals surface area (Å²) in [6.07, 6.45) is 3.45. The molecule has 19 nitrogen and oxygen atoms in total. The number of rotatable bonds is 39. The molecule has 17 atom stereocenters. The predicted octanol–water partition coefficient (Wildman–Crippen LogP) is 2.87. The molecule has 3 aliphatic heterocycles. The van der Waals surface area contributed by atoms with E-state index in [1.807, 2.05) is 0 Å². The fourth-order valence-corrected chi connectivity index (χ4v) is 9.61. The Morgan fingerprint density at radius 3 is 1.24 bits per heavy atom. The van der Waals surface area contributed by atoms with Gasteiger partial charge >= 0.3 is 0 Å². The lowest BCUT2D eigenvalue weighted by atomic mass is 9.96. The van der Waals surface area contributed by atoms with Gasteiger partial charge < -0.3 is 89.9 Å². The number of carbonyl (C=O) groups excluding carboxylic acids is 1. The molecule has 3 aliphatic rings. The average Bonchev–Trinajstić information content (AvgIpc) is 3.35. The third kappa shape index (κ3) is 21.9. The quantitative estimate of drug-likeness (QED) is 0.0394. The highest BCUT2D eigenvalue weighted by Crippen LogP contribution is 2.33. The molecule has 414 valence electrons. The van der Waals surface area contributed by atoms with Gasteiger partial charge in [0.25, 0.3) is 0 Å². The molecule has 70 heavy (non-hydrogen) atoms. The predicted molar refractivity (Wildman–Crippen MR) is 259 cm³/mol. The summed E-state index contributed by atoms with van der Waals surface area (Å²) in [7, 11) is 0. The lowest BCUT2D eigenvalue weighted by molar-refractivity contribution is -0.379. The summed E-state index contributed by atoms with van der Waals surface area (Å²) in [5.74, 6) is -0.243. The van der Waals surface area contributed by atoms with E-state index in [9.17, 15) is 61.0 Å². The third-order valence-electron chi connectivity index (χ3n) is 14.2. The second-order valence-corrected chi connectivity index (χ2v) is 20.1. The highest BCUT2D eigenvalue weighted by atomic mass is 16.8. The largest absolute Gasteiger partial charge is 0.394 e. The molecule has 17 unspecified atom stereocenters. The highest BCUT2D eigenvalue weighted by Gasteiger charge is 2.53. The van der Waals surface area contributed by atoms with Crippen LogP contribution in [0.2, 0.25) is 0 Å². The van der Waals surface area contributed by atoms with Crippen LogP contribution in [0.1, 0.15) is 187 Å². The summed E-state index contributed by atoms with van der Waals surface area (Å²) in [5.41, 5.74) is 0. The van der Waals surface area contributed by atoms with Crippen molar-refractivity contribution in [2.75, 3.05) is 26.4 Å². The number of aliphatic hydroxyl groups excluding tert-OH is 11. The Balaban J connectivity index is 1.54. The lowest BCUT2D eigenvalue weighted by Gasteiger charge is -2.48. The molecule has 0 saturated carbocycles. The van der Waals surface area contributed by atoms with E-state index in [1.54, 1.807) is 0 Å². The molecular formula is C51H97NO18. The van der Waals surface area contributed by atoms with Crippen LogP contribution in [0.3, 0.4) is 0 Å². The zero-order chi connectivity index (χ0) is 51.3. The van der Waals surface area contributed by atoms with Gasteiger partial charge in [-0.2, -0.15) is 0 Å². The van der Waals surface area contributed by atoms with Crippen molar-refractivity contribution < 1.29 is 89.4 Å². The molecule has 0 spiro atoms. The number of amides is 1. The van der Waals surface area contributed by atoms with Crippen LogP contribution in [0.25, 0.3) is 0 Å². The van der Waals surface area contributed by atoms with E-state index in [2.05, 4.69) is 19.2 Å². The van der Waals surface area contributed by atoms with Gasteiger partial charge in [0, 0.05) is 6.42 Å². The normalized spacial score (nSPS) is 32.5. The van der Waals surface area contributed by atoms with Gasteiger partial charge in [-0.1, -0.05) is 168 Å². The fraction of sp³-hybridized carbons (Fsp3) is 0.980. The SMILES string of the molecule is CCCCCCCCCCCCCCCC(O)C(COC1OC(CO)C(OC2OC(CO)C(OC3OC(CO)C(O)C(O)C3O)C(O)C2O)C(O)C1O)NC(=O)CCCCCCCCCCCCCC. The molecule has 19 heteroatoms. The first kappa shape index (κ1) is 63.1. The van der Waals surface area contributed by atoms with Crippen LogP contribution in [0, 0.1) is 0 Å². The van der Waals surface area contributed by atoms with E-state index in [4.69, 9.17) is 28.4 Å². The summed E-state index contributed by atoms with van der Waals surface area (Å²) in [6.45, 7) is 1.76. The Labute approximate surface area is 417 Å². The summed E-state index contributed by atoms with van der Waals surface area (Å²) in [4.78, 5) is 13.2.